The average molecular weight is 757 g/mol. The molecule has 6 heteroatoms. The number of fused-ring (bicyclic) bond motifs is 10. The van der Waals surface area contributed by atoms with Crippen LogP contribution in [0.25, 0.3) is 77.2 Å². The summed E-state index contributed by atoms with van der Waals surface area (Å²) in [6.45, 7) is 0. The first-order valence-corrected chi connectivity index (χ1v) is 19.9. The van der Waals surface area contributed by atoms with Crippen LogP contribution in [0.4, 0.5) is 17.1 Å². The summed E-state index contributed by atoms with van der Waals surface area (Å²) in [5.74, 6) is 3.09. The van der Waals surface area contributed by atoms with Crippen LogP contribution in [0.2, 0.25) is 0 Å². The third-order valence-electron chi connectivity index (χ3n) is 12.0. The lowest BCUT2D eigenvalue weighted by atomic mass is 9.99. The Balaban J connectivity index is 1.03. The molecule has 0 bridgehead atoms. The number of anilines is 3. The van der Waals surface area contributed by atoms with Gasteiger partial charge in [0.1, 0.15) is 5.69 Å². The summed E-state index contributed by atoms with van der Waals surface area (Å²) in [5, 5.41) is 4.77. The predicted molar refractivity (Wildman–Crippen MR) is 239 cm³/mol. The van der Waals surface area contributed by atoms with Gasteiger partial charge in [0.25, 0.3) is 0 Å². The Morgan fingerprint density at radius 2 is 0.814 bits per heavy atom. The second kappa shape index (κ2) is 12.2. The van der Waals surface area contributed by atoms with Crippen molar-refractivity contribution in [1.82, 2.24) is 14.1 Å². The maximum atomic E-state index is 6.71. The van der Waals surface area contributed by atoms with Crippen molar-refractivity contribution in [2.75, 3.05) is 4.90 Å². The van der Waals surface area contributed by atoms with Crippen LogP contribution >= 0.6 is 0 Å². The standard InChI is InChI=1S/C53H32N4O2/c1-2-10-37(11-3-1)55-43-13-5-4-12-39(43)40-29-35(19-22-44(40)55)36-20-23-46-42(30-36)41-28-34(33-24-26-54-27-25-33)18-21-45(41)56(46)38-31-51-53-52(32-38)59-50-17-9-7-15-48(50)57(53)47-14-6-8-16-49(47)58-51/h1-32H. The van der Waals surface area contributed by atoms with Crippen LogP contribution in [0.15, 0.2) is 194 Å². The number of pyridine rings is 1. The average Bonchev–Trinajstić information content (AvgIpc) is 3.81. The van der Waals surface area contributed by atoms with E-state index in [1.54, 1.807) is 0 Å². The second-order valence-corrected chi connectivity index (χ2v) is 15.2. The number of rotatable bonds is 4. The molecule has 11 aromatic rings. The first kappa shape index (κ1) is 32.0. The molecule has 0 unspecified atom stereocenters. The van der Waals surface area contributed by atoms with Gasteiger partial charge in [0.15, 0.2) is 23.0 Å². The number of benzene rings is 8. The monoisotopic (exact) mass is 756 g/mol. The number of hydrogen-bond acceptors (Lipinski definition) is 4. The third-order valence-corrected chi connectivity index (χ3v) is 12.0. The van der Waals surface area contributed by atoms with Crippen LogP contribution in [-0.4, -0.2) is 14.1 Å². The van der Waals surface area contributed by atoms with E-state index in [1.807, 2.05) is 48.8 Å². The van der Waals surface area contributed by atoms with E-state index in [0.29, 0.717) is 0 Å². The van der Waals surface area contributed by atoms with Crippen molar-refractivity contribution in [2.24, 2.45) is 0 Å². The number of nitrogens with zero attached hydrogens (tertiary/aromatic N) is 4. The molecule has 8 aromatic carbocycles. The normalized spacial score (nSPS) is 12.6. The van der Waals surface area contributed by atoms with Gasteiger partial charge in [-0.15, -0.1) is 0 Å². The second-order valence-electron chi connectivity index (χ2n) is 15.2. The highest BCUT2D eigenvalue weighted by molar-refractivity contribution is 6.13. The Bertz CT molecular complexity index is 3440. The smallest absolute Gasteiger partial charge is 0.157 e. The van der Waals surface area contributed by atoms with Gasteiger partial charge in [-0.3, -0.25) is 9.88 Å². The molecule has 6 nitrogen and oxygen atoms in total. The molecule has 0 fully saturated rings. The van der Waals surface area contributed by atoms with Crippen molar-refractivity contribution in [1.29, 1.82) is 0 Å². The molecule has 276 valence electrons. The van der Waals surface area contributed by atoms with E-state index < -0.39 is 0 Å². The first-order chi connectivity index (χ1) is 29.2. The number of para-hydroxylation sites is 6. The topological polar surface area (TPSA) is 44.5 Å². The zero-order chi connectivity index (χ0) is 38.6. The molecule has 5 heterocycles. The van der Waals surface area contributed by atoms with Gasteiger partial charge in [0.2, 0.25) is 0 Å². The van der Waals surface area contributed by atoms with Crippen LogP contribution in [0.5, 0.6) is 23.0 Å². The van der Waals surface area contributed by atoms with E-state index in [4.69, 9.17) is 9.47 Å². The Morgan fingerprint density at radius 1 is 0.339 bits per heavy atom. The molecule has 0 spiro atoms. The van der Waals surface area contributed by atoms with Gasteiger partial charge in [-0.25, -0.2) is 0 Å². The van der Waals surface area contributed by atoms with Gasteiger partial charge < -0.3 is 18.6 Å². The fraction of sp³-hybridized carbons (Fsp3) is 0. The summed E-state index contributed by atoms with van der Waals surface area (Å²) in [6, 6.07) is 64.6. The summed E-state index contributed by atoms with van der Waals surface area (Å²) in [4.78, 5) is 6.55. The maximum absolute atomic E-state index is 6.71. The minimum Gasteiger partial charge on any atom is -0.453 e. The van der Waals surface area contributed by atoms with Crippen molar-refractivity contribution >= 4 is 60.7 Å². The third kappa shape index (κ3) is 4.71. The zero-order valence-corrected chi connectivity index (χ0v) is 31.6. The van der Waals surface area contributed by atoms with E-state index >= 15 is 0 Å². The summed E-state index contributed by atoms with van der Waals surface area (Å²) >= 11 is 0. The SMILES string of the molecule is c1ccc(-n2c3ccccc3c3cc(-c4ccc5c(c4)c4cc(-c6ccncc6)ccc4n5-c4cc5c6c(c4)Oc4ccccc4N6c4ccccc4O5)ccc32)cc1. The molecule has 0 N–H and O–H groups in total. The lowest BCUT2D eigenvalue weighted by Gasteiger charge is -2.38. The largest absolute Gasteiger partial charge is 0.453 e. The highest BCUT2D eigenvalue weighted by Crippen LogP contribution is 2.60. The van der Waals surface area contributed by atoms with Crippen molar-refractivity contribution in [3.63, 3.8) is 0 Å². The van der Waals surface area contributed by atoms with Crippen molar-refractivity contribution in [3.8, 4) is 56.6 Å². The Kier molecular flexibility index (Phi) is 6.63. The summed E-state index contributed by atoms with van der Waals surface area (Å²) < 4.78 is 18.1. The van der Waals surface area contributed by atoms with Gasteiger partial charge in [-0.05, 0) is 113 Å². The van der Waals surface area contributed by atoms with E-state index in [0.717, 1.165) is 89.9 Å². The molecular weight excluding hydrogens is 725 g/mol. The fourth-order valence-corrected chi connectivity index (χ4v) is 9.35. The van der Waals surface area contributed by atoms with Crippen molar-refractivity contribution in [3.05, 3.63) is 194 Å². The predicted octanol–water partition coefficient (Wildman–Crippen LogP) is 14.3. The highest BCUT2D eigenvalue weighted by atomic mass is 16.5. The molecule has 0 saturated heterocycles. The van der Waals surface area contributed by atoms with Gasteiger partial charge >= 0.3 is 0 Å². The molecule has 13 rings (SSSR count). The van der Waals surface area contributed by atoms with Crippen LogP contribution in [0.3, 0.4) is 0 Å². The van der Waals surface area contributed by atoms with Crippen LogP contribution in [-0.2, 0) is 0 Å². The van der Waals surface area contributed by atoms with E-state index in [2.05, 4.69) is 165 Å². The van der Waals surface area contributed by atoms with Gasteiger partial charge in [0.05, 0.1) is 39.1 Å². The zero-order valence-electron chi connectivity index (χ0n) is 31.6. The minimum atomic E-state index is 0.744. The molecular formula is C53H32N4O2. The molecule has 0 radical (unpaired) electrons. The lowest BCUT2D eigenvalue weighted by molar-refractivity contribution is 0.445. The highest BCUT2D eigenvalue weighted by Gasteiger charge is 2.35. The first-order valence-electron chi connectivity index (χ1n) is 19.9. The molecule has 0 amide bonds. The number of ether oxygens (including phenoxy) is 2. The molecule has 0 aliphatic carbocycles. The Morgan fingerprint density at radius 3 is 1.42 bits per heavy atom. The summed E-state index contributed by atoms with van der Waals surface area (Å²) in [5.41, 5.74) is 14.1. The Hall–Kier alpha value is -8.09. The van der Waals surface area contributed by atoms with Crippen LogP contribution in [0, 0.1) is 0 Å². The van der Waals surface area contributed by atoms with Crippen molar-refractivity contribution < 1.29 is 9.47 Å². The van der Waals surface area contributed by atoms with Crippen LogP contribution < -0.4 is 14.4 Å². The number of aromatic nitrogens is 3. The molecule has 2 aliphatic rings. The summed E-state index contributed by atoms with van der Waals surface area (Å²) in [7, 11) is 0. The van der Waals surface area contributed by atoms with Gasteiger partial charge in [-0.1, -0.05) is 78.9 Å². The van der Waals surface area contributed by atoms with E-state index in [-0.39, 0.29) is 0 Å². The minimum absolute atomic E-state index is 0.744. The number of hydrogen-bond donors (Lipinski definition) is 0. The molecule has 2 aliphatic heterocycles. The van der Waals surface area contributed by atoms with Crippen LogP contribution in [0.1, 0.15) is 0 Å². The maximum Gasteiger partial charge on any atom is 0.157 e. The quantitative estimate of drug-likeness (QED) is 0.179. The molecule has 3 aromatic heterocycles. The fourth-order valence-electron chi connectivity index (χ4n) is 9.35. The molecule has 0 saturated carbocycles. The van der Waals surface area contributed by atoms with Gasteiger partial charge in [0, 0.05) is 51.8 Å². The van der Waals surface area contributed by atoms with Crippen molar-refractivity contribution in [2.45, 2.75) is 0 Å². The molecule has 0 atom stereocenters. The molecule has 59 heavy (non-hydrogen) atoms. The lowest BCUT2D eigenvalue weighted by Crippen LogP contribution is -2.20. The van der Waals surface area contributed by atoms with Gasteiger partial charge in [-0.2, -0.15) is 0 Å². The van der Waals surface area contributed by atoms with E-state index in [9.17, 15) is 0 Å². The Labute approximate surface area is 339 Å². The summed E-state index contributed by atoms with van der Waals surface area (Å²) in [6.07, 6.45) is 3.70. The van der Waals surface area contributed by atoms with E-state index in [1.165, 1.54) is 27.4 Å².